The lowest BCUT2D eigenvalue weighted by Crippen LogP contribution is -2.35. The number of hydrogen-bond donors (Lipinski definition) is 2. The minimum atomic E-state index is -0.200. The molecule has 128 valence electrons. The van der Waals surface area contributed by atoms with Crippen LogP contribution in [0.4, 0.5) is 0 Å². The molecule has 5 nitrogen and oxygen atoms in total. The van der Waals surface area contributed by atoms with E-state index in [2.05, 4.69) is 10.3 Å². The average Bonchev–Trinajstić information content (AvgIpc) is 3.32. The van der Waals surface area contributed by atoms with Crippen molar-refractivity contribution in [2.24, 2.45) is 5.41 Å². The van der Waals surface area contributed by atoms with Crippen LogP contribution in [0.25, 0.3) is 11.5 Å². The molecule has 2 N–H and O–H groups in total. The maximum absolute atomic E-state index is 12.6. The third-order valence-electron chi connectivity index (χ3n) is 4.35. The summed E-state index contributed by atoms with van der Waals surface area (Å²) in [7, 11) is 0. The predicted octanol–water partition coefficient (Wildman–Crippen LogP) is 3.36. The van der Waals surface area contributed by atoms with E-state index in [4.69, 9.17) is 9.52 Å². The zero-order chi connectivity index (χ0) is 17.2. The molecule has 0 saturated heterocycles. The number of hydrogen-bond acceptors (Lipinski definition) is 4. The van der Waals surface area contributed by atoms with Crippen molar-refractivity contribution in [3.8, 4) is 11.5 Å². The number of aliphatic hydroxyl groups excluding tert-OH is 1. The second kappa shape index (κ2) is 6.77. The van der Waals surface area contributed by atoms with Crippen LogP contribution in [0, 0.1) is 5.41 Å². The Hall–Kier alpha value is -2.14. The van der Waals surface area contributed by atoms with Gasteiger partial charge in [-0.25, -0.2) is 4.98 Å². The van der Waals surface area contributed by atoms with E-state index in [1.165, 1.54) is 0 Å². The number of amides is 1. The highest BCUT2D eigenvalue weighted by atomic mass is 16.4. The molecule has 0 spiro atoms. The molecule has 0 aliphatic heterocycles. The number of carbonyl (C=O) groups excluding carboxylic acids is 1. The fourth-order valence-electron chi connectivity index (χ4n) is 2.62. The highest BCUT2D eigenvalue weighted by Crippen LogP contribution is 2.43. The Kier molecular flexibility index (Phi) is 4.71. The molecule has 0 atom stereocenters. The maximum Gasteiger partial charge on any atom is 0.273 e. The fourth-order valence-corrected chi connectivity index (χ4v) is 2.62. The van der Waals surface area contributed by atoms with Gasteiger partial charge in [0.25, 0.3) is 5.91 Å². The monoisotopic (exact) mass is 328 g/mol. The van der Waals surface area contributed by atoms with Crippen LogP contribution in [-0.4, -0.2) is 29.1 Å². The van der Waals surface area contributed by atoms with E-state index >= 15 is 0 Å². The van der Waals surface area contributed by atoms with E-state index in [0.29, 0.717) is 36.2 Å². The smallest absolute Gasteiger partial charge is 0.273 e. The minimum absolute atomic E-state index is 0.109. The lowest BCUT2D eigenvalue weighted by Gasteiger charge is -2.23. The highest BCUT2D eigenvalue weighted by molar-refractivity contribution is 5.94. The number of carbonyl (C=O) groups is 1. The lowest BCUT2D eigenvalue weighted by molar-refractivity contribution is 0.0921. The Morgan fingerprint density at radius 3 is 2.67 bits per heavy atom. The lowest BCUT2D eigenvalue weighted by atomic mass is 9.90. The van der Waals surface area contributed by atoms with Crippen LogP contribution in [0.2, 0.25) is 0 Å². The predicted molar refractivity (Wildman–Crippen MR) is 91.7 cm³/mol. The molecule has 5 heteroatoms. The molecule has 1 amide bonds. The van der Waals surface area contributed by atoms with Gasteiger partial charge in [-0.2, -0.15) is 0 Å². The van der Waals surface area contributed by atoms with E-state index < -0.39 is 0 Å². The highest BCUT2D eigenvalue weighted by Gasteiger charge is 2.34. The van der Waals surface area contributed by atoms with Crippen molar-refractivity contribution in [2.75, 3.05) is 13.2 Å². The van der Waals surface area contributed by atoms with Gasteiger partial charge in [-0.15, -0.1) is 0 Å². The van der Waals surface area contributed by atoms with Crippen LogP contribution < -0.4 is 5.32 Å². The molecular weight excluding hydrogens is 304 g/mol. The Morgan fingerprint density at radius 1 is 1.33 bits per heavy atom. The van der Waals surface area contributed by atoms with Crippen LogP contribution in [-0.2, 0) is 0 Å². The summed E-state index contributed by atoms with van der Waals surface area (Å²) >= 11 is 0. The van der Waals surface area contributed by atoms with Gasteiger partial charge < -0.3 is 14.8 Å². The van der Waals surface area contributed by atoms with Crippen LogP contribution in [0.3, 0.4) is 0 Å². The topological polar surface area (TPSA) is 75.4 Å². The standard InChI is InChI=1S/C19H24N2O3/c1-19(2,10-11-22)12-20-17(23)15-16(13-8-9-13)24-18(21-15)14-6-4-3-5-7-14/h3-7,13,22H,8-12H2,1-2H3,(H,20,23). The second-order valence-corrected chi connectivity index (χ2v) is 7.19. The number of nitrogens with zero attached hydrogens (tertiary/aromatic N) is 1. The third kappa shape index (κ3) is 3.85. The van der Waals surface area contributed by atoms with Crippen LogP contribution in [0.1, 0.15) is 55.3 Å². The largest absolute Gasteiger partial charge is 0.440 e. The average molecular weight is 328 g/mol. The zero-order valence-electron chi connectivity index (χ0n) is 14.2. The van der Waals surface area contributed by atoms with Crippen molar-refractivity contribution in [2.45, 2.75) is 39.0 Å². The second-order valence-electron chi connectivity index (χ2n) is 7.19. The first-order valence-electron chi connectivity index (χ1n) is 8.45. The van der Waals surface area contributed by atoms with Crippen molar-refractivity contribution in [3.05, 3.63) is 41.8 Å². The van der Waals surface area contributed by atoms with Gasteiger partial charge in [0.05, 0.1) is 0 Å². The molecule has 1 saturated carbocycles. The van der Waals surface area contributed by atoms with Crippen molar-refractivity contribution in [1.82, 2.24) is 10.3 Å². The van der Waals surface area contributed by atoms with Crippen molar-refractivity contribution >= 4 is 5.91 Å². The molecule has 1 aromatic carbocycles. The van der Waals surface area contributed by atoms with Gasteiger partial charge in [0.15, 0.2) is 5.69 Å². The van der Waals surface area contributed by atoms with Crippen LogP contribution in [0.15, 0.2) is 34.7 Å². The third-order valence-corrected chi connectivity index (χ3v) is 4.35. The molecule has 3 rings (SSSR count). The zero-order valence-corrected chi connectivity index (χ0v) is 14.2. The quantitative estimate of drug-likeness (QED) is 0.817. The Labute approximate surface area is 142 Å². The number of aliphatic hydroxyl groups is 1. The molecule has 1 aromatic heterocycles. The SMILES string of the molecule is CC(C)(CCO)CNC(=O)c1nc(-c2ccccc2)oc1C1CC1. The van der Waals surface area contributed by atoms with Gasteiger partial charge in [0, 0.05) is 24.6 Å². The van der Waals surface area contributed by atoms with Gasteiger partial charge in [-0.1, -0.05) is 32.0 Å². The molecule has 24 heavy (non-hydrogen) atoms. The summed E-state index contributed by atoms with van der Waals surface area (Å²) in [4.78, 5) is 17.1. The molecule has 0 radical (unpaired) electrons. The van der Waals surface area contributed by atoms with Crippen LogP contribution in [0.5, 0.6) is 0 Å². The molecule has 0 unspecified atom stereocenters. The molecule has 0 bridgehead atoms. The van der Waals surface area contributed by atoms with Crippen molar-refractivity contribution in [3.63, 3.8) is 0 Å². The Morgan fingerprint density at radius 2 is 2.04 bits per heavy atom. The summed E-state index contributed by atoms with van der Waals surface area (Å²) in [5.41, 5.74) is 1.12. The van der Waals surface area contributed by atoms with E-state index in [1.54, 1.807) is 0 Å². The number of benzene rings is 1. The summed E-state index contributed by atoms with van der Waals surface area (Å²) in [5, 5.41) is 12.0. The number of rotatable bonds is 7. The van der Waals surface area contributed by atoms with Crippen molar-refractivity contribution < 1.29 is 14.3 Å². The fraction of sp³-hybridized carbons (Fsp3) is 0.474. The first-order chi connectivity index (χ1) is 11.5. The molecule has 1 aliphatic rings. The summed E-state index contributed by atoms with van der Waals surface area (Å²) in [6.45, 7) is 4.63. The van der Waals surface area contributed by atoms with Gasteiger partial charge in [0.2, 0.25) is 5.89 Å². The summed E-state index contributed by atoms with van der Waals surface area (Å²) in [5.74, 6) is 1.30. The molecule has 1 aliphatic carbocycles. The number of oxazole rings is 1. The molecule has 1 heterocycles. The Bertz CT molecular complexity index is 703. The van der Waals surface area contributed by atoms with Gasteiger partial charge >= 0.3 is 0 Å². The molecule has 1 fully saturated rings. The van der Waals surface area contributed by atoms with E-state index in [-0.39, 0.29) is 17.9 Å². The normalized spacial score (nSPS) is 14.6. The van der Waals surface area contributed by atoms with Gasteiger partial charge in [-0.3, -0.25) is 4.79 Å². The summed E-state index contributed by atoms with van der Waals surface area (Å²) in [6, 6.07) is 9.63. The maximum atomic E-state index is 12.6. The number of aromatic nitrogens is 1. The van der Waals surface area contributed by atoms with E-state index in [9.17, 15) is 4.79 Å². The minimum Gasteiger partial charge on any atom is -0.440 e. The van der Waals surface area contributed by atoms with Gasteiger partial charge in [0.1, 0.15) is 5.76 Å². The molecule has 2 aromatic rings. The molecular formula is C19H24N2O3. The van der Waals surface area contributed by atoms with Crippen molar-refractivity contribution in [1.29, 1.82) is 0 Å². The first-order valence-corrected chi connectivity index (χ1v) is 8.45. The Balaban J connectivity index is 1.79. The summed E-state index contributed by atoms with van der Waals surface area (Å²) < 4.78 is 5.91. The van der Waals surface area contributed by atoms with E-state index in [0.717, 1.165) is 18.4 Å². The van der Waals surface area contributed by atoms with E-state index in [1.807, 2.05) is 44.2 Å². The first kappa shape index (κ1) is 16.7. The van der Waals surface area contributed by atoms with Gasteiger partial charge in [-0.05, 0) is 36.8 Å². The summed E-state index contributed by atoms with van der Waals surface area (Å²) in [6.07, 6.45) is 2.72. The number of nitrogens with one attached hydrogen (secondary N) is 1. The van der Waals surface area contributed by atoms with Crippen LogP contribution >= 0.6 is 0 Å².